The summed E-state index contributed by atoms with van der Waals surface area (Å²) in [5.74, 6) is -1.52. The van der Waals surface area contributed by atoms with E-state index in [4.69, 9.17) is 14.2 Å². The van der Waals surface area contributed by atoms with Crippen LogP contribution in [-0.2, 0) is 28.4 Å². The fourth-order valence-corrected chi connectivity index (χ4v) is 5.76. The van der Waals surface area contributed by atoms with Crippen LogP contribution < -0.4 is 4.74 Å². The van der Waals surface area contributed by atoms with Crippen LogP contribution in [0.2, 0.25) is 0 Å². The van der Waals surface area contributed by atoms with Crippen molar-refractivity contribution in [3.63, 3.8) is 0 Å². The lowest BCUT2D eigenvalue weighted by molar-refractivity contribution is -0.143. The summed E-state index contributed by atoms with van der Waals surface area (Å²) in [5, 5.41) is 3.76. The molecule has 1 aliphatic heterocycles. The third-order valence-electron chi connectivity index (χ3n) is 8.09. The number of carbonyl (C=O) groups is 2. The second kappa shape index (κ2) is 14.6. The predicted molar refractivity (Wildman–Crippen MR) is 173 cm³/mol. The van der Waals surface area contributed by atoms with Crippen LogP contribution in [0.25, 0.3) is 17.1 Å². The van der Waals surface area contributed by atoms with Gasteiger partial charge >= 0.3 is 24.4 Å². The maximum Gasteiger partial charge on any atom is 0.434 e. The Kier molecular flexibility index (Phi) is 10.7. The number of hydrogen-bond donors (Lipinski definition) is 0. The Labute approximate surface area is 290 Å². The van der Waals surface area contributed by atoms with Crippen LogP contribution in [0.1, 0.15) is 79.2 Å². The molecule has 2 aromatic carbocycles. The highest BCUT2D eigenvalue weighted by atomic mass is 19.4. The van der Waals surface area contributed by atoms with Crippen molar-refractivity contribution in [2.75, 3.05) is 19.7 Å². The monoisotopic (exact) mass is 718 g/mol. The number of amides is 1. The van der Waals surface area contributed by atoms with Crippen molar-refractivity contribution < 1.29 is 50.1 Å². The summed E-state index contributed by atoms with van der Waals surface area (Å²) >= 11 is 0. The van der Waals surface area contributed by atoms with E-state index in [1.807, 2.05) is 0 Å². The molecule has 1 fully saturated rings. The molecule has 0 spiro atoms. The van der Waals surface area contributed by atoms with E-state index in [1.165, 1.54) is 37.3 Å². The molecule has 0 unspecified atom stereocenters. The van der Waals surface area contributed by atoms with Crippen LogP contribution in [-0.4, -0.2) is 57.0 Å². The van der Waals surface area contributed by atoms with Gasteiger partial charge in [-0.15, -0.1) is 0 Å². The zero-order valence-corrected chi connectivity index (χ0v) is 28.3. The van der Waals surface area contributed by atoms with E-state index in [0.717, 1.165) is 12.3 Å². The second-order valence-corrected chi connectivity index (χ2v) is 12.9. The van der Waals surface area contributed by atoms with Gasteiger partial charge in [0.05, 0.1) is 24.1 Å². The van der Waals surface area contributed by atoms with Crippen LogP contribution >= 0.6 is 0 Å². The van der Waals surface area contributed by atoms with Gasteiger partial charge in [-0.05, 0) is 82.3 Å². The Morgan fingerprint density at radius 2 is 1.61 bits per heavy atom. The number of alkyl halides is 6. The summed E-state index contributed by atoms with van der Waals surface area (Å²) in [6.07, 6.45) is -8.44. The first kappa shape index (κ1) is 37.2. The van der Waals surface area contributed by atoms with E-state index in [1.54, 1.807) is 49.9 Å². The largest absolute Gasteiger partial charge is 0.488 e. The number of esters is 1. The summed E-state index contributed by atoms with van der Waals surface area (Å²) < 4.78 is 102. The molecular weight excluding hydrogens is 682 g/mol. The molecule has 0 aliphatic carbocycles. The molecule has 0 saturated carbocycles. The quantitative estimate of drug-likeness (QED) is 0.133. The Hall–Kier alpha value is -5.08. The van der Waals surface area contributed by atoms with E-state index in [0.29, 0.717) is 41.7 Å². The van der Waals surface area contributed by atoms with Crippen molar-refractivity contribution in [2.45, 2.75) is 71.0 Å². The number of ether oxygens (including phenoxy) is 3. The van der Waals surface area contributed by atoms with Gasteiger partial charge in [-0.3, -0.25) is 0 Å². The molecule has 15 heteroatoms. The topological polar surface area (TPSA) is 95.8 Å². The molecule has 4 aromatic rings. The molecule has 0 radical (unpaired) electrons. The molecule has 3 heterocycles. The molecule has 51 heavy (non-hydrogen) atoms. The van der Waals surface area contributed by atoms with Crippen molar-refractivity contribution in [1.29, 1.82) is 0 Å². The number of benzene rings is 2. The van der Waals surface area contributed by atoms with Crippen LogP contribution in [0.4, 0.5) is 31.1 Å². The van der Waals surface area contributed by atoms with Gasteiger partial charge in [-0.1, -0.05) is 30.3 Å². The van der Waals surface area contributed by atoms with Crippen molar-refractivity contribution in [3.05, 3.63) is 94.8 Å². The van der Waals surface area contributed by atoms with Crippen molar-refractivity contribution in [2.24, 2.45) is 0 Å². The molecule has 2 aromatic heterocycles. The van der Waals surface area contributed by atoms with E-state index in [9.17, 15) is 35.9 Å². The highest BCUT2D eigenvalue weighted by Gasteiger charge is 2.41. The summed E-state index contributed by atoms with van der Waals surface area (Å²) in [4.78, 5) is 30.6. The predicted octanol–water partition coefficient (Wildman–Crippen LogP) is 8.84. The number of rotatable bonds is 8. The van der Waals surface area contributed by atoms with Crippen molar-refractivity contribution in [3.8, 4) is 22.8 Å². The lowest BCUT2D eigenvalue weighted by Gasteiger charge is -2.34. The number of halogens is 6. The minimum atomic E-state index is -4.99. The first-order valence-electron chi connectivity index (χ1n) is 16.2. The number of pyridine rings is 1. The van der Waals surface area contributed by atoms with Crippen molar-refractivity contribution >= 4 is 12.1 Å². The zero-order chi connectivity index (χ0) is 37.1. The van der Waals surface area contributed by atoms with Gasteiger partial charge in [-0.2, -0.15) is 31.4 Å². The number of carbonyl (C=O) groups excluding carboxylic acids is 2. The third kappa shape index (κ3) is 8.81. The SMILES string of the molecule is CCOC(=O)c1cnn(-c2cccc(-c3ccccc3OCc3ccc(C4CCN(C(=O)OC(C)(C)C)CC4)cc3C(F)(F)F)n2)c1C(F)(F)F. The van der Waals surface area contributed by atoms with E-state index in [-0.39, 0.29) is 35.3 Å². The molecule has 1 aliphatic rings. The molecule has 0 atom stereocenters. The lowest BCUT2D eigenvalue weighted by Crippen LogP contribution is -2.41. The maximum atomic E-state index is 14.4. The van der Waals surface area contributed by atoms with Gasteiger partial charge in [0.2, 0.25) is 0 Å². The second-order valence-electron chi connectivity index (χ2n) is 12.9. The van der Waals surface area contributed by atoms with E-state index >= 15 is 0 Å². The third-order valence-corrected chi connectivity index (χ3v) is 8.09. The van der Waals surface area contributed by atoms with Gasteiger partial charge < -0.3 is 19.1 Å². The number of nitrogens with zero attached hydrogens (tertiary/aromatic N) is 4. The molecule has 0 bridgehead atoms. The summed E-state index contributed by atoms with van der Waals surface area (Å²) in [7, 11) is 0. The van der Waals surface area contributed by atoms with E-state index < -0.39 is 53.4 Å². The number of piperidine rings is 1. The van der Waals surface area contributed by atoms with Gasteiger partial charge in [0, 0.05) is 24.2 Å². The Morgan fingerprint density at radius 1 is 0.902 bits per heavy atom. The van der Waals surface area contributed by atoms with Gasteiger partial charge in [0.1, 0.15) is 23.5 Å². The molecule has 9 nitrogen and oxygen atoms in total. The molecule has 5 rings (SSSR count). The summed E-state index contributed by atoms with van der Waals surface area (Å²) in [5.41, 5.74) is -2.84. The molecule has 1 saturated heterocycles. The maximum absolute atomic E-state index is 14.4. The smallest absolute Gasteiger partial charge is 0.434 e. The highest BCUT2D eigenvalue weighted by Crippen LogP contribution is 2.39. The summed E-state index contributed by atoms with van der Waals surface area (Å²) in [6.45, 7) is 6.83. The minimum Gasteiger partial charge on any atom is -0.488 e. The Morgan fingerprint density at radius 3 is 2.25 bits per heavy atom. The van der Waals surface area contributed by atoms with E-state index in [2.05, 4.69) is 10.1 Å². The van der Waals surface area contributed by atoms with Crippen LogP contribution in [0.5, 0.6) is 5.75 Å². The minimum absolute atomic E-state index is 0.119. The lowest BCUT2D eigenvalue weighted by atomic mass is 9.87. The average Bonchev–Trinajstić information content (AvgIpc) is 3.53. The van der Waals surface area contributed by atoms with Crippen LogP contribution in [0.15, 0.2) is 66.9 Å². The number of para-hydroxylation sites is 1. The average molecular weight is 719 g/mol. The fraction of sp³-hybridized carbons (Fsp3) is 0.389. The van der Waals surface area contributed by atoms with Crippen LogP contribution in [0.3, 0.4) is 0 Å². The Bertz CT molecular complexity index is 1870. The standard InChI is InChI=1S/C36H36F6N4O5/c1-5-49-32(47)26-20-43-46(31(26)36(40,41)42)30-12-8-10-28(44-30)25-9-6-7-11-29(25)50-21-24-14-13-23(19-27(24)35(37,38)39)22-15-17-45(18-16-22)33(48)51-34(2,3)4/h6-14,19-20,22H,5,15-18,21H2,1-4H3. The molecular formula is C36H36F6N4O5. The van der Waals surface area contributed by atoms with Gasteiger partial charge in [0.15, 0.2) is 11.5 Å². The van der Waals surface area contributed by atoms with Gasteiger partial charge in [-0.25, -0.2) is 19.3 Å². The first-order chi connectivity index (χ1) is 24.0. The number of hydrogen-bond acceptors (Lipinski definition) is 7. The first-order valence-corrected chi connectivity index (χ1v) is 16.2. The molecule has 1 amide bonds. The fourth-order valence-electron chi connectivity index (χ4n) is 5.76. The number of aromatic nitrogens is 3. The van der Waals surface area contributed by atoms with Gasteiger partial charge in [0.25, 0.3) is 0 Å². The Balaban J connectivity index is 1.37. The zero-order valence-electron chi connectivity index (χ0n) is 28.3. The highest BCUT2D eigenvalue weighted by molar-refractivity contribution is 5.90. The van der Waals surface area contributed by atoms with Crippen molar-refractivity contribution in [1.82, 2.24) is 19.7 Å². The molecule has 272 valence electrons. The summed E-state index contributed by atoms with van der Waals surface area (Å²) in [6, 6.07) is 14.6. The van der Waals surface area contributed by atoms with Crippen LogP contribution in [0, 0.1) is 0 Å². The molecule has 0 N–H and O–H groups in total. The number of likely N-dealkylation sites (tertiary alicyclic amines) is 1. The normalized spacial score (nSPS) is 14.4.